The van der Waals surface area contributed by atoms with Gasteiger partial charge in [0.1, 0.15) is 6.33 Å². The topological polar surface area (TPSA) is 90.2 Å². The van der Waals surface area contributed by atoms with Gasteiger partial charge in [-0.05, 0) is 12.3 Å². The van der Waals surface area contributed by atoms with E-state index in [1.165, 1.54) is 6.33 Å². The highest BCUT2D eigenvalue weighted by Gasteiger charge is 2.23. The Morgan fingerprint density at radius 2 is 2.24 bits per heavy atom. The van der Waals surface area contributed by atoms with Crippen LogP contribution in [-0.4, -0.2) is 28.5 Å². The summed E-state index contributed by atoms with van der Waals surface area (Å²) in [7, 11) is 1.56. The van der Waals surface area contributed by atoms with Gasteiger partial charge in [0, 0.05) is 7.05 Å². The molecule has 0 saturated heterocycles. The van der Waals surface area contributed by atoms with Crippen LogP contribution >= 0.6 is 0 Å². The van der Waals surface area contributed by atoms with E-state index in [1.807, 2.05) is 0 Å². The average Bonchev–Trinajstić information content (AvgIpc) is 2.27. The minimum Gasteiger partial charge on any atom is -0.473 e. The maximum Gasteiger partial charge on any atom is 0.372 e. The van der Waals surface area contributed by atoms with Crippen molar-refractivity contribution in [2.75, 3.05) is 19.0 Å². The van der Waals surface area contributed by atoms with Crippen molar-refractivity contribution in [3.63, 3.8) is 0 Å². The average molecular weight is 240 g/mol. The van der Waals surface area contributed by atoms with Crippen LogP contribution in [0.5, 0.6) is 5.88 Å². The molecule has 0 amide bonds. The van der Waals surface area contributed by atoms with Gasteiger partial charge in [-0.15, -0.1) is 0 Å². The lowest BCUT2D eigenvalue weighted by molar-refractivity contribution is -0.385. The molecule has 1 heterocycles. The van der Waals surface area contributed by atoms with Crippen LogP contribution in [0.1, 0.15) is 20.3 Å². The van der Waals surface area contributed by atoms with Gasteiger partial charge in [-0.3, -0.25) is 10.1 Å². The number of hydrogen-bond donors (Lipinski definition) is 1. The Morgan fingerprint density at radius 3 is 2.76 bits per heavy atom. The second-order valence-electron chi connectivity index (χ2n) is 3.91. The Hall–Kier alpha value is -1.92. The molecular weight excluding hydrogens is 224 g/mol. The number of anilines is 1. The first-order valence-corrected chi connectivity index (χ1v) is 5.36. The molecule has 0 saturated carbocycles. The van der Waals surface area contributed by atoms with Crippen LogP contribution in [0, 0.1) is 16.0 Å². The van der Waals surface area contributed by atoms with Crippen LogP contribution in [0.3, 0.4) is 0 Å². The summed E-state index contributed by atoms with van der Waals surface area (Å²) in [6, 6.07) is 0. The van der Waals surface area contributed by atoms with Gasteiger partial charge in [0.2, 0.25) is 5.82 Å². The molecule has 0 bridgehead atoms. The fourth-order valence-corrected chi connectivity index (χ4v) is 1.21. The number of nitro groups is 1. The highest BCUT2D eigenvalue weighted by molar-refractivity contribution is 5.60. The molecule has 0 atom stereocenters. The number of rotatable bonds is 6. The Morgan fingerprint density at radius 1 is 1.53 bits per heavy atom. The van der Waals surface area contributed by atoms with E-state index in [1.54, 1.807) is 7.05 Å². The number of ether oxygens (including phenoxy) is 1. The maximum absolute atomic E-state index is 10.9. The predicted octanol–water partition coefficient (Wildman–Crippen LogP) is 1.85. The normalized spacial score (nSPS) is 10.4. The zero-order chi connectivity index (χ0) is 12.8. The molecule has 1 rings (SSSR count). The summed E-state index contributed by atoms with van der Waals surface area (Å²) >= 11 is 0. The molecule has 0 aromatic carbocycles. The van der Waals surface area contributed by atoms with Crippen LogP contribution in [0.25, 0.3) is 0 Å². The number of aromatic nitrogens is 2. The van der Waals surface area contributed by atoms with E-state index in [0.29, 0.717) is 12.5 Å². The molecular formula is C10H16N4O3. The summed E-state index contributed by atoms with van der Waals surface area (Å²) in [5.41, 5.74) is -0.223. The van der Waals surface area contributed by atoms with E-state index < -0.39 is 4.92 Å². The minimum atomic E-state index is -0.545. The van der Waals surface area contributed by atoms with Crippen molar-refractivity contribution in [1.29, 1.82) is 0 Å². The van der Waals surface area contributed by atoms with Crippen LogP contribution in [0.4, 0.5) is 11.5 Å². The SMILES string of the molecule is CNc1ncnc(OCCC(C)C)c1[N+](=O)[O-]. The largest absolute Gasteiger partial charge is 0.473 e. The molecule has 1 aromatic rings. The summed E-state index contributed by atoms with van der Waals surface area (Å²) in [5.74, 6) is 0.638. The number of hydrogen-bond acceptors (Lipinski definition) is 6. The molecule has 0 radical (unpaired) electrons. The van der Waals surface area contributed by atoms with E-state index in [-0.39, 0.29) is 17.4 Å². The second-order valence-corrected chi connectivity index (χ2v) is 3.91. The van der Waals surface area contributed by atoms with E-state index in [2.05, 4.69) is 29.1 Å². The Labute approximate surface area is 99.4 Å². The summed E-state index contributed by atoms with van der Waals surface area (Å²) in [6.45, 7) is 4.51. The van der Waals surface area contributed by atoms with Crippen LogP contribution < -0.4 is 10.1 Å². The van der Waals surface area contributed by atoms with Gasteiger partial charge in [-0.1, -0.05) is 13.8 Å². The van der Waals surface area contributed by atoms with Gasteiger partial charge in [-0.2, -0.15) is 4.98 Å². The standard InChI is InChI=1S/C10H16N4O3/c1-7(2)4-5-17-10-8(14(15)16)9(11-3)12-6-13-10/h6-7H,4-5H2,1-3H3,(H,11,12,13). The minimum absolute atomic E-state index is 0.00926. The molecule has 0 aliphatic rings. The van der Waals surface area contributed by atoms with Crippen molar-refractivity contribution >= 4 is 11.5 Å². The molecule has 0 aliphatic heterocycles. The zero-order valence-electron chi connectivity index (χ0n) is 10.1. The Balaban J connectivity index is 2.87. The Bertz CT molecular complexity index is 395. The molecule has 0 spiro atoms. The van der Waals surface area contributed by atoms with Crippen molar-refractivity contribution in [2.45, 2.75) is 20.3 Å². The van der Waals surface area contributed by atoms with Gasteiger partial charge >= 0.3 is 5.69 Å². The van der Waals surface area contributed by atoms with Crippen LogP contribution in [-0.2, 0) is 0 Å². The Kier molecular flexibility index (Phi) is 4.62. The highest BCUT2D eigenvalue weighted by atomic mass is 16.6. The maximum atomic E-state index is 10.9. The molecule has 1 N–H and O–H groups in total. The first-order chi connectivity index (χ1) is 8.06. The van der Waals surface area contributed by atoms with E-state index in [9.17, 15) is 10.1 Å². The van der Waals surface area contributed by atoms with Crippen LogP contribution in [0.2, 0.25) is 0 Å². The zero-order valence-corrected chi connectivity index (χ0v) is 10.1. The monoisotopic (exact) mass is 240 g/mol. The van der Waals surface area contributed by atoms with E-state index in [4.69, 9.17) is 4.74 Å². The molecule has 0 aliphatic carbocycles. The molecule has 7 nitrogen and oxygen atoms in total. The van der Waals surface area contributed by atoms with Gasteiger partial charge in [-0.25, -0.2) is 4.98 Å². The van der Waals surface area contributed by atoms with Crippen molar-refractivity contribution in [3.8, 4) is 5.88 Å². The first-order valence-electron chi connectivity index (χ1n) is 5.36. The third-order valence-electron chi connectivity index (χ3n) is 2.14. The third kappa shape index (κ3) is 3.54. The smallest absolute Gasteiger partial charge is 0.372 e. The van der Waals surface area contributed by atoms with Crippen molar-refractivity contribution in [3.05, 3.63) is 16.4 Å². The lowest BCUT2D eigenvalue weighted by atomic mass is 10.1. The fourth-order valence-electron chi connectivity index (χ4n) is 1.21. The molecule has 0 unspecified atom stereocenters. The van der Waals surface area contributed by atoms with Crippen molar-refractivity contribution in [2.24, 2.45) is 5.92 Å². The lowest BCUT2D eigenvalue weighted by Gasteiger charge is -2.08. The second kappa shape index (κ2) is 5.97. The molecule has 7 heteroatoms. The van der Waals surface area contributed by atoms with E-state index in [0.717, 1.165) is 6.42 Å². The summed E-state index contributed by atoms with van der Waals surface area (Å²) in [6.07, 6.45) is 2.06. The van der Waals surface area contributed by atoms with Gasteiger partial charge in [0.05, 0.1) is 11.5 Å². The first kappa shape index (κ1) is 13.1. The third-order valence-corrected chi connectivity index (χ3v) is 2.14. The fraction of sp³-hybridized carbons (Fsp3) is 0.600. The molecule has 17 heavy (non-hydrogen) atoms. The molecule has 1 aromatic heterocycles. The van der Waals surface area contributed by atoms with Gasteiger partial charge in [0.15, 0.2) is 0 Å². The summed E-state index contributed by atoms with van der Waals surface area (Å²) in [5, 5.41) is 13.5. The number of nitrogens with one attached hydrogen (secondary N) is 1. The lowest BCUT2D eigenvalue weighted by Crippen LogP contribution is -2.07. The van der Waals surface area contributed by atoms with Crippen molar-refractivity contribution in [1.82, 2.24) is 9.97 Å². The van der Waals surface area contributed by atoms with Crippen molar-refractivity contribution < 1.29 is 9.66 Å². The predicted molar refractivity (Wildman–Crippen MR) is 63.2 cm³/mol. The van der Waals surface area contributed by atoms with Gasteiger partial charge in [0.25, 0.3) is 5.88 Å². The molecule has 94 valence electrons. The quantitative estimate of drug-likeness (QED) is 0.602. The van der Waals surface area contributed by atoms with E-state index >= 15 is 0 Å². The van der Waals surface area contributed by atoms with Gasteiger partial charge < -0.3 is 10.1 Å². The van der Waals surface area contributed by atoms with Crippen LogP contribution in [0.15, 0.2) is 6.33 Å². The summed E-state index contributed by atoms with van der Waals surface area (Å²) < 4.78 is 5.32. The summed E-state index contributed by atoms with van der Waals surface area (Å²) in [4.78, 5) is 17.9. The number of nitrogens with zero attached hydrogens (tertiary/aromatic N) is 3. The molecule has 0 fully saturated rings. The highest BCUT2D eigenvalue weighted by Crippen LogP contribution is 2.30.